The Balaban J connectivity index is 2.66. The average molecular weight is 191 g/mol. The summed E-state index contributed by atoms with van der Waals surface area (Å²) in [6.07, 6.45) is 2.17. The van der Waals surface area contributed by atoms with Crippen LogP contribution in [0.4, 0.5) is 0 Å². The lowest BCUT2D eigenvalue weighted by atomic mass is 9.80. The molecule has 0 aromatic carbocycles. The molecule has 1 saturated heterocycles. The van der Waals surface area contributed by atoms with Gasteiger partial charge in [-0.2, -0.15) is 0 Å². The molecule has 0 unspecified atom stereocenters. The maximum absolute atomic E-state index is 5.66. The molecule has 0 atom stereocenters. The molecule has 0 spiro atoms. The molecule has 1 aliphatic rings. The predicted molar refractivity (Wildman–Crippen MR) is 53.3 cm³/mol. The average Bonchev–Trinajstić information content (AvgIpc) is 1.80. The normalized spacial score (nSPS) is 28.8. The van der Waals surface area contributed by atoms with Gasteiger partial charge in [0.15, 0.2) is 0 Å². The smallest absolute Gasteiger partial charge is 0.0255 e. The molecule has 3 heteroatoms. The summed E-state index contributed by atoms with van der Waals surface area (Å²) in [5, 5.41) is 3.60. The van der Waals surface area contributed by atoms with Gasteiger partial charge in [0.2, 0.25) is 0 Å². The van der Waals surface area contributed by atoms with E-state index in [-0.39, 0.29) is 11.1 Å². The van der Waals surface area contributed by atoms with Gasteiger partial charge in [-0.1, -0.05) is 0 Å². The van der Waals surface area contributed by atoms with E-state index in [1.807, 2.05) is 0 Å². The molecule has 1 heterocycles. The SMILES string of the molecule is CC1(C)CC(NCl)CC(C)(C)N1. The highest BCUT2D eigenvalue weighted by Gasteiger charge is 2.37. The van der Waals surface area contributed by atoms with Gasteiger partial charge in [0.05, 0.1) is 0 Å². The second kappa shape index (κ2) is 3.17. The van der Waals surface area contributed by atoms with Gasteiger partial charge in [0.25, 0.3) is 0 Å². The minimum atomic E-state index is 0.189. The molecule has 0 aromatic rings. The lowest BCUT2D eigenvalue weighted by Crippen LogP contribution is -2.60. The Morgan fingerprint density at radius 3 is 1.92 bits per heavy atom. The number of piperidine rings is 1. The Hall–Kier alpha value is 0.210. The molecular formula is C9H19ClN2. The number of rotatable bonds is 1. The first-order chi connectivity index (χ1) is 5.35. The molecule has 1 rings (SSSR count). The molecule has 1 fully saturated rings. The van der Waals surface area contributed by atoms with Crippen LogP contribution in [0.1, 0.15) is 40.5 Å². The molecule has 0 bridgehead atoms. The van der Waals surface area contributed by atoms with Crippen LogP contribution in [-0.2, 0) is 0 Å². The van der Waals surface area contributed by atoms with Gasteiger partial charge in [-0.25, -0.2) is 4.84 Å². The Morgan fingerprint density at radius 1 is 1.17 bits per heavy atom. The molecule has 0 aromatic heterocycles. The van der Waals surface area contributed by atoms with Gasteiger partial charge < -0.3 is 5.32 Å². The largest absolute Gasteiger partial charge is 0.307 e. The minimum absolute atomic E-state index is 0.189. The minimum Gasteiger partial charge on any atom is -0.307 e. The zero-order chi connectivity index (χ0) is 9.41. The molecule has 0 saturated carbocycles. The van der Waals surface area contributed by atoms with E-state index in [4.69, 9.17) is 11.8 Å². The maximum atomic E-state index is 5.66. The topological polar surface area (TPSA) is 24.1 Å². The van der Waals surface area contributed by atoms with Crippen LogP contribution in [0, 0.1) is 0 Å². The molecule has 0 radical (unpaired) electrons. The fourth-order valence-electron chi connectivity index (χ4n) is 2.40. The summed E-state index contributed by atoms with van der Waals surface area (Å²) in [7, 11) is 0. The number of nitrogens with one attached hydrogen (secondary N) is 2. The molecule has 2 N–H and O–H groups in total. The summed E-state index contributed by atoms with van der Waals surface area (Å²) in [5.74, 6) is 0. The van der Waals surface area contributed by atoms with Crippen LogP contribution in [0.3, 0.4) is 0 Å². The summed E-state index contributed by atoms with van der Waals surface area (Å²) >= 11 is 5.66. The van der Waals surface area contributed by atoms with Crippen molar-refractivity contribution in [1.29, 1.82) is 0 Å². The van der Waals surface area contributed by atoms with Crippen molar-refractivity contribution in [2.45, 2.75) is 57.7 Å². The van der Waals surface area contributed by atoms with Crippen LogP contribution < -0.4 is 10.2 Å². The molecule has 0 amide bonds. The van der Waals surface area contributed by atoms with E-state index >= 15 is 0 Å². The van der Waals surface area contributed by atoms with Crippen LogP contribution >= 0.6 is 11.8 Å². The Morgan fingerprint density at radius 2 is 1.58 bits per heavy atom. The fraction of sp³-hybridized carbons (Fsp3) is 1.00. The second-order valence-corrected chi connectivity index (χ2v) is 5.33. The zero-order valence-electron chi connectivity index (χ0n) is 8.37. The molecule has 0 aliphatic carbocycles. The molecule has 2 nitrogen and oxygen atoms in total. The Kier molecular flexibility index (Phi) is 2.72. The van der Waals surface area contributed by atoms with Crippen molar-refractivity contribution in [3.05, 3.63) is 0 Å². The highest BCUT2D eigenvalue weighted by Crippen LogP contribution is 2.28. The monoisotopic (exact) mass is 190 g/mol. The van der Waals surface area contributed by atoms with Crippen LogP contribution in [0.15, 0.2) is 0 Å². The van der Waals surface area contributed by atoms with Crippen molar-refractivity contribution < 1.29 is 0 Å². The first kappa shape index (κ1) is 10.3. The summed E-state index contributed by atoms with van der Waals surface area (Å²) in [5.41, 5.74) is 0.378. The number of hydrogen-bond donors (Lipinski definition) is 2. The summed E-state index contributed by atoms with van der Waals surface area (Å²) < 4.78 is 0. The van der Waals surface area contributed by atoms with E-state index in [2.05, 4.69) is 37.8 Å². The molecule has 72 valence electrons. The number of halogens is 1. The van der Waals surface area contributed by atoms with Crippen molar-refractivity contribution in [2.24, 2.45) is 0 Å². The highest BCUT2D eigenvalue weighted by atomic mass is 35.5. The van der Waals surface area contributed by atoms with E-state index in [9.17, 15) is 0 Å². The van der Waals surface area contributed by atoms with Crippen molar-refractivity contribution >= 4 is 11.8 Å². The first-order valence-corrected chi connectivity index (χ1v) is 4.88. The lowest BCUT2D eigenvalue weighted by Gasteiger charge is -2.46. The van der Waals surface area contributed by atoms with Crippen LogP contribution in [0.5, 0.6) is 0 Å². The van der Waals surface area contributed by atoms with Gasteiger partial charge in [-0.05, 0) is 52.3 Å². The summed E-state index contributed by atoms with van der Waals surface area (Å²) in [6, 6.07) is 0.429. The van der Waals surface area contributed by atoms with Gasteiger partial charge in [0.1, 0.15) is 0 Å². The van der Waals surface area contributed by atoms with Gasteiger partial charge in [-0.15, -0.1) is 0 Å². The third-order valence-electron chi connectivity index (χ3n) is 2.34. The zero-order valence-corrected chi connectivity index (χ0v) is 9.13. The standard InChI is InChI=1S/C9H19ClN2/c1-8(2)5-7(11-10)6-9(3,4)12-8/h7,11-12H,5-6H2,1-4H3. The molecule has 12 heavy (non-hydrogen) atoms. The van der Waals surface area contributed by atoms with Crippen molar-refractivity contribution in [3.8, 4) is 0 Å². The molecular weight excluding hydrogens is 172 g/mol. The van der Waals surface area contributed by atoms with E-state index < -0.39 is 0 Å². The highest BCUT2D eigenvalue weighted by molar-refractivity contribution is 6.13. The maximum Gasteiger partial charge on any atom is 0.0255 e. The third kappa shape index (κ3) is 2.61. The summed E-state index contributed by atoms with van der Waals surface area (Å²) in [4.78, 5) is 2.85. The lowest BCUT2D eigenvalue weighted by molar-refractivity contribution is 0.157. The van der Waals surface area contributed by atoms with Gasteiger partial charge >= 0.3 is 0 Å². The van der Waals surface area contributed by atoms with Crippen LogP contribution in [0.25, 0.3) is 0 Å². The third-order valence-corrected chi connectivity index (χ3v) is 2.65. The van der Waals surface area contributed by atoms with Crippen LogP contribution in [-0.4, -0.2) is 17.1 Å². The summed E-state index contributed by atoms with van der Waals surface area (Å²) in [6.45, 7) is 8.87. The second-order valence-electron chi connectivity index (χ2n) is 5.11. The Bertz CT molecular complexity index is 150. The quantitative estimate of drug-likeness (QED) is 0.619. The predicted octanol–water partition coefficient (Wildman–Crippen LogP) is 2.04. The van der Waals surface area contributed by atoms with E-state index in [0.29, 0.717) is 6.04 Å². The fourth-order valence-corrected chi connectivity index (χ4v) is 2.55. The van der Waals surface area contributed by atoms with Crippen molar-refractivity contribution in [1.82, 2.24) is 10.2 Å². The molecule has 1 aliphatic heterocycles. The van der Waals surface area contributed by atoms with E-state index in [0.717, 1.165) is 12.8 Å². The van der Waals surface area contributed by atoms with Crippen molar-refractivity contribution in [2.75, 3.05) is 0 Å². The van der Waals surface area contributed by atoms with E-state index in [1.54, 1.807) is 0 Å². The first-order valence-electron chi connectivity index (χ1n) is 4.50. The van der Waals surface area contributed by atoms with Crippen LogP contribution in [0.2, 0.25) is 0 Å². The van der Waals surface area contributed by atoms with Crippen molar-refractivity contribution in [3.63, 3.8) is 0 Å². The Labute approximate surface area is 80.2 Å². The number of hydrogen-bond acceptors (Lipinski definition) is 2. The van der Waals surface area contributed by atoms with E-state index in [1.165, 1.54) is 0 Å². The van der Waals surface area contributed by atoms with Gasteiger partial charge in [0, 0.05) is 17.1 Å². The van der Waals surface area contributed by atoms with Gasteiger partial charge in [-0.3, -0.25) is 0 Å².